The van der Waals surface area contributed by atoms with E-state index in [1.165, 1.54) is 12.1 Å². The summed E-state index contributed by atoms with van der Waals surface area (Å²) in [6.45, 7) is 4.74. The van der Waals surface area contributed by atoms with Gasteiger partial charge in [-0.3, -0.25) is 9.59 Å². The van der Waals surface area contributed by atoms with Crippen LogP contribution >= 0.6 is 23.4 Å². The van der Waals surface area contributed by atoms with Gasteiger partial charge in [-0.25, -0.2) is 4.39 Å². The Kier molecular flexibility index (Phi) is 7.58. The van der Waals surface area contributed by atoms with Crippen LogP contribution in [0.15, 0.2) is 60.7 Å². The van der Waals surface area contributed by atoms with Crippen LogP contribution in [0.5, 0.6) is 0 Å². The Balaban J connectivity index is 1.17. The van der Waals surface area contributed by atoms with Crippen molar-refractivity contribution >= 4 is 52.2 Å². The zero-order chi connectivity index (χ0) is 25.9. The Morgan fingerprint density at radius 2 is 1.78 bits per heavy atom. The molecule has 0 saturated carbocycles. The maximum absolute atomic E-state index is 13.2. The molecule has 3 aromatic rings. The molecule has 5 rings (SSSR count). The van der Waals surface area contributed by atoms with Gasteiger partial charge in [0.05, 0.1) is 11.4 Å². The molecule has 1 saturated heterocycles. The molecule has 2 aliphatic rings. The summed E-state index contributed by atoms with van der Waals surface area (Å²) in [6, 6.07) is 17.3. The summed E-state index contributed by atoms with van der Waals surface area (Å²) in [6.07, 6.45) is 0. The first-order chi connectivity index (χ1) is 17.9. The molecule has 6 nitrogen and oxygen atoms in total. The quantitative estimate of drug-likeness (QED) is 0.439. The van der Waals surface area contributed by atoms with Crippen molar-refractivity contribution in [2.75, 3.05) is 47.5 Å². The number of aryl methyl sites for hydroxylation is 1. The number of nitrogens with zero attached hydrogens (tertiary/aromatic N) is 2. The molecule has 3 aromatic carbocycles. The van der Waals surface area contributed by atoms with Crippen LogP contribution in [0.3, 0.4) is 0 Å². The Labute approximate surface area is 225 Å². The van der Waals surface area contributed by atoms with E-state index in [0.717, 1.165) is 35.6 Å². The number of hydrogen-bond donors (Lipinski definition) is 2. The molecular formula is C28H28ClFN4O2S. The number of piperazine rings is 1. The van der Waals surface area contributed by atoms with E-state index >= 15 is 0 Å². The average molecular weight is 539 g/mol. The normalized spacial score (nSPS) is 17.2. The number of rotatable bonds is 6. The minimum atomic E-state index is -0.387. The number of amides is 2. The summed E-state index contributed by atoms with van der Waals surface area (Å²) in [5.41, 5.74) is 5.24. The van der Waals surface area contributed by atoms with Gasteiger partial charge >= 0.3 is 0 Å². The number of halogens is 2. The highest BCUT2D eigenvalue weighted by atomic mass is 35.5. The molecule has 1 fully saturated rings. The summed E-state index contributed by atoms with van der Waals surface area (Å²) in [5.74, 6) is 0.827. The molecule has 1 atom stereocenters. The SMILES string of the molecule is Cc1ccc(Cl)cc1N1CCN(C(=O)c2ccc3c(c2)NC(=O)C(CSCc2ccc(F)cc2)N3)CC1. The number of thioether (sulfide) groups is 1. The van der Waals surface area contributed by atoms with Gasteiger partial charge in [0.2, 0.25) is 5.91 Å². The monoisotopic (exact) mass is 538 g/mol. The lowest BCUT2D eigenvalue weighted by atomic mass is 10.1. The van der Waals surface area contributed by atoms with Crippen LogP contribution in [-0.2, 0) is 10.5 Å². The number of benzene rings is 3. The smallest absolute Gasteiger partial charge is 0.254 e. The second-order valence-corrected chi connectivity index (χ2v) is 10.8. The molecule has 2 aliphatic heterocycles. The second kappa shape index (κ2) is 11.0. The third-order valence-electron chi connectivity index (χ3n) is 6.72. The predicted octanol–water partition coefficient (Wildman–Crippen LogP) is 5.42. The van der Waals surface area contributed by atoms with Crippen molar-refractivity contribution in [3.05, 3.63) is 88.2 Å². The Morgan fingerprint density at radius 1 is 1.03 bits per heavy atom. The highest BCUT2D eigenvalue weighted by Crippen LogP contribution is 2.30. The number of anilines is 3. The summed E-state index contributed by atoms with van der Waals surface area (Å²) >= 11 is 7.79. The minimum absolute atomic E-state index is 0.0449. The van der Waals surface area contributed by atoms with E-state index in [1.807, 2.05) is 35.2 Å². The van der Waals surface area contributed by atoms with E-state index in [2.05, 4.69) is 22.5 Å². The first kappa shape index (κ1) is 25.4. The van der Waals surface area contributed by atoms with Gasteiger partial charge in [0.1, 0.15) is 11.9 Å². The van der Waals surface area contributed by atoms with Crippen molar-refractivity contribution < 1.29 is 14.0 Å². The lowest BCUT2D eigenvalue weighted by Crippen LogP contribution is -2.49. The first-order valence-electron chi connectivity index (χ1n) is 12.2. The van der Waals surface area contributed by atoms with Crippen molar-refractivity contribution in [3.63, 3.8) is 0 Å². The van der Waals surface area contributed by atoms with Crippen LogP contribution in [0.25, 0.3) is 0 Å². The van der Waals surface area contributed by atoms with Gasteiger partial charge in [0.25, 0.3) is 5.91 Å². The maximum Gasteiger partial charge on any atom is 0.254 e. The molecule has 9 heteroatoms. The van der Waals surface area contributed by atoms with Crippen LogP contribution in [0.1, 0.15) is 21.5 Å². The number of hydrogen-bond acceptors (Lipinski definition) is 5. The molecule has 192 valence electrons. The Hall–Kier alpha value is -3.23. The molecule has 0 aliphatic carbocycles. The third-order valence-corrected chi connectivity index (χ3v) is 8.06. The van der Waals surface area contributed by atoms with Gasteiger partial charge in [0, 0.05) is 54.0 Å². The van der Waals surface area contributed by atoms with E-state index in [0.29, 0.717) is 40.9 Å². The molecular weight excluding hydrogens is 511 g/mol. The number of fused-ring (bicyclic) bond motifs is 1. The summed E-state index contributed by atoms with van der Waals surface area (Å²) in [5, 5.41) is 6.94. The van der Waals surface area contributed by atoms with Gasteiger partial charge in [-0.2, -0.15) is 11.8 Å². The van der Waals surface area contributed by atoms with Crippen molar-refractivity contribution in [2.24, 2.45) is 0 Å². The largest absolute Gasteiger partial charge is 0.371 e. The highest BCUT2D eigenvalue weighted by molar-refractivity contribution is 7.98. The molecule has 0 spiro atoms. The average Bonchev–Trinajstić information content (AvgIpc) is 2.91. The third kappa shape index (κ3) is 5.86. The minimum Gasteiger partial charge on any atom is -0.371 e. The van der Waals surface area contributed by atoms with Crippen LogP contribution in [0, 0.1) is 12.7 Å². The lowest BCUT2D eigenvalue weighted by Gasteiger charge is -2.37. The fourth-order valence-corrected chi connectivity index (χ4v) is 5.81. The zero-order valence-electron chi connectivity index (χ0n) is 20.5. The summed E-state index contributed by atoms with van der Waals surface area (Å²) in [4.78, 5) is 30.0. The molecule has 0 bridgehead atoms. The number of carbonyl (C=O) groups is 2. The molecule has 2 heterocycles. The molecule has 1 unspecified atom stereocenters. The lowest BCUT2D eigenvalue weighted by molar-refractivity contribution is -0.116. The van der Waals surface area contributed by atoms with Crippen LogP contribution < -0.4 is 15.5 Å². The van der Waals surface area contributed by atoms with E-state index in [4.69, 9.17) is 11.6 Å². The second-order valence-electron chi connectivity index (χ2n) is 9.30. The molecule has 37 heavy (non-hydrogen) atoms. The van der Waals surface area contributed by atoms with Gasteiger partial charge in [0.15, 0.2) is 0 Å². The van der Waals surface area contributed by atoms with Crippen molar-refractivity contribution in [1.29, 1.82) is 0 Å². The molecule has 0 radical (unpaired) electrons. The van der Waals surface area contributed by atoms with Crippen molar-refractivity contribution in [3.8, 4) is 0 Å². The van der Waals surface area contributed by atoms with E-state index in [1.54, 1.807) is 30.0 Å². The molecule has 2 amide bonds. The first-order valence-corrected chi connectivity index (χ1v) is 13.7. The van der Waals surface area contributed by atoms with Crippen molar-refractivity contribution in [1.82, 2.24) is 4.90 Å². The zero-order valence-corrected chi connectivity index (χ0v) is 22.0. The number of carbonyl (C=O) groups excluding carboxylic acids is 2. The molecule has 0 aromatic heterocycles. The van der Waals surface area contributed by atoms with Crippen LogP contribution in [0.4, 0.5) is 21.5 Å². The Morgan fingerprint density at radius 3 is 2.54 bits per heavy atom. The molecule has 2 N–H and O–H groups in total. The van der Waals surface area contributed by atoms with E-state index in [-0.39, 0.29) is 23.7 Å². The fraction of sp³-hybridized carbons (Fsp3) is 0.286. The fourth-order valence-electron chi connectivity index (χ4n) is 4.63. The van der Waals surface area contributed by atoms with Crippen molar-refractivity contribution in [2.45, 2.75) is 18.7 Å². The van der Waals surface area contributed by atoms with Crippen LogP contribution in [-0.4, -0.2) is 54.7 Å². The van der Waals surface area contributed by atoms with Gasteiger partial charge in [-0.15, -0.1) is 0 Å². The van der Waals surface area contributed by atoms with E-state index in [9.17, 15) is 14.0 Å². The summed E-state index contributed by atoms with van der Waals surface area (Å²) < 4.78 is 13.1. The van der Waals surface area contributed by atoms with Crippen LogP contribution in [0.2, 0.25) is 5.02 Å². The van der Waals surface area contributed by atoms with Gasteiger partial charge < -0.3 is 20.4 Å². The van der Waals surface area contributed by atoms with Gasteiger partial charge in [-0.05, 0) is 60.5 Å². The summed E-state index contributed by atoms with van der Waals surface area (Å²) in [7, 11) is 0. The number of nitrogens with one attached hydrogen (secondary N) is 2. The highest BCUT2D eigenvalue weighted by Gasteiger charge is 2.28. The predicted molar refractivity (Wildman–Crippen MR) is 149 cm³/mol. The van der Waals surface area contributed by atoms with E-state index < -0.39 is 0 Å². The Bertz CT molecular complexity index is 1310. The standard InChI is InChI=1S/C28H28ClFN4O2S/c1-18-2-6-21(29)15-26(18)33-10-12-34(13-11-33)28(36)20-5-9-23-24(14-20)32-27(35)25(31-23)17-37-16-19-3-7-22(30)8-4-19/h2-9,14-15,25,31H,10-13,16-17H2,1H3,(H,32,35). The van der Waals surface area contributed by atoms with Gasteiger partial charge in [-0.1, -0.05) is 29.8 Å². The maximum atomic E-state index is 13.2. The topological polar surface area (TPSA) is 64.7 Å².